The fourth-order valence-electron chi connectivity index (χ4n) is 1.28. The Balaban J connectivity index is 2.07. The van der Waals surface area contributed by atoms with E-state index in [-0.39, 0.29) is 17.2 Å². The molecule has 0 unspecified atom stereocenters. The molecule has 0 saturated heterocycles. The lowest BCUT2D eigenvalue weighted by Crippen LogP contribution is -2.22. The van der Waals surface area contributed by atoms with Crippen molar-refractivity contribution in [3.8, 4) is 5.75 Å². The number of phenolic OH excluding ortho intramolecular Hbond substituents is 1. The van der Waals surface area contributed by atoms with Gasteiger partial charge in [-0.15, -0.1) is 11.3 Å². The van der Waals surface area contributed by atoms with Crippen molar-refractivity contribution in [3.05, 3.63) is 44.8 Å². The van der Waals surface area contributed by atoms with Gasteiger partial charge < -0.3 is 10.4 Å². The maximum absolute atomic E-state index is 11.8. The molecule has 2 aromatic rings. The number of aromatic nitrogens is 1. The van der Waals surface area contributed by atoms with Crippen LogP contribution in [0.5, 0.6) is 5.75 Å². The largest absolute Gasteiger partial charge is 0.507 e. The molecule has 0 aliphatic heterocycles. The monoisotopic (exact) mass is 312 g/mol. The van der Waals surface area contributed by atoms with Crippen LogP contribution in [0.3, 0.4) is 0 Å². The van der Waals surface area contributed by atoms with Crippen LogP contribution in [0.25, 0.3) is 0 Å². The molecule has 2 N–H and O–H groups in total. The summed E-state index contributed by atoms with van der Waals surface area (Å²) in [5, 5.41) is 14.9. The van der Waals surface area contributed by atoms with E-state index in [1.54, 1.807) is 18.3 Å². The molecule has 88 valence electrons. The van der Waals surface area contributed by atoms with Gasteiger partial charge in [-0.1, -0.05) is 15.9 Å². The molecule has 2 rings (SSSR count). The molecule has 0 radical (unpaired) electrons. The van der Waals surface area contributed by atoms with Crippen molar-refractivity contribution in [1.82, 2.24) is 10.3 Å². The van der Waals surface area contributed by atoms with Crippen LogP contribution in [-0.4, -0.2) is 16.0 Å². The van der Waals surface area contributed by atoms with Gasteiger partial charge in [0.05, 0.1) is 12.1 Å². The quantitative estimate of drug-likeness (QED) is 0.915. The number of nitrogens with one attached hydrogen (secondary N) is 1. The predicted octanol–water partition coefficient (Wildman–Crippen LogP) is 2.54. The zero-order chi connectivity index (χ0) is 12.3. The molecule has 0 aliphatic rings. The number of aromatic hydroxyl groups is 1. The summed E-state index contributed by atoms with van der Waals surface area (Å²) in [7, 11) is 0. The van der Waals surface area contributed by atoms with Gasteiger partial charge in [0.25, 0.3) is 5.91 Å². The minimum atomic E-state index is -0.320. The maximum Gasteiger partial charge on any atom is 0.255 e. The average molecular weight is 313 g/mol. The summed E-state index contributed by atoms with van der Waals surface area (Å²) < 4.78 is 0.745. The van der Waals surface area contributed by atoms with Gasteiger partial charge >= 0.3 is 0 Å². The van der Waals surface area contributed by atoms with Crippen LogP contribution in [0.2, 0.25) is 0 Å². The first-order valence-electron chi connectivity index (χ1n) is 4.82. The molecule has 1 aromatic carbocycles. The molecule has 4 nitrogen and oxygen atoms in total. The summed E-state index contributed by atoms with van der Waals surface area (Å²) in [6.07, 6.45) is 1.68. The Morgan fingerprint density at radius 1 is 1.53 bits per heavy atom. The number of halogens is 1. The number of carbonyl (C=O) groups excluding carboxylic acids is 1. The van der Waals surface area contributed by atoms with Crippen LogP contribution in [0, 0.1) is 0 Å². The van der Waals surface area contributed by atoms with Crippen LogP contribution in [0.15, 0.2) is 34.2 Å². The fraction of sp³-hybridized carbons (Fsp3) is 0.0909. The van der Waals surface area contributed by atoms with E-state index < -0.39 is 0 Å². The summed E-state index contributed by atoms with van der Waals surface area (Å²) >= 11 is 4.72. The maximum atomic E-state index is 11.8. The second-order valence-corrected chi connectivity index (χ2v) is 5.16. The lowest BCUT2D eigenvalue weighted by Gasteiger charge is -2.05. The Bertz CT molecular complexity index is 528. The molecular formula is C11H9BrN2O2S. The number of phenols is 1. The zero-order valence-electron chi connectivity index (χ0n) is 8.68. The van der Waals surface area contributed by atoms with Gasteiger partial charge in [0.2, 0.25) is 0 Å². The predicted molar refractivity (Wildman–Crippen MR) is 69.1 cm³/mol. The van der Waals surface area contributed by atoms with Crippen LogP contribution >= 0.6 is 27.3 Å². The summed E-state index contributed by atoms with van der Waals surface area (Å²) in [6.45, 7) is 0.364. The van der Waals surface area contributed by atoms with Gasteiger partial charge in [0.1, 0.15) is 10.8 Å². The van der Waals surface area contributed by atoms with Crippen molar-refractivity contribution in [2.24, 2.45) is 0 Å². The molecule has 0 fully saturated rings. The molecule has 1 heterocycles. The van der Waals surface area contributed by atoms with E-state index in [1.807, 2.05) is 5.38 Å². The van der Waals surface area contributed by atoms with Crippen molar-refractivity contribution in [2.75, 3.05) is 0 Å². The Labute approximate surface area is 110 Å². The lowest BCUT2D eigenvalue weighted by atomic mass is 10.2. The van der Waals surface area contributed by atoms with E-state index >= 15 is 0 Å². The third-order valence-corrected chi connectivity index (χ3v) is 3.36. The van der Waals surface area contributed by atoms with Crippen LogP contribution in [-0.2, 0) is 6.54 Å². The number of nitrogens with zero attached hydrogens (tertiary/aromatic N) is 1. The minimum absolute atomic E-state index is 0.0372. The Kier molecular flexibility index (Phi) is 3.75. The van der Waals surface area contributed by atoms with Crippen molar-refractivity contribution >= 4 is 33.2 Å². The highest BCUT2D eigenvalue weighted by molar-refractivity contribution is 9.10. The Hall–Kier alpha value is -1.40. The molecule has 0 bridgehead atoms. The van der Waals surface area contributed by atoms with Crippen LogP contribution < -0.4 is 5.32 Å². The summed E-state index contributed by atoms with van der Waals surface area (Å²) in [5.41, 5.74) is 0.246. The summed E-state index contributed by atoms with van der Waals surface area (Å²) in [6, 6.07) is 4.72. The van der Waals surface area contributed by atoms with Gasteiger partial charge in [-0.2, -0.15) is 0 Å². The van der Waals surface area contributed by atoms with E-state index in [9.17, 15) is 9.90 Å². The van der Waals surface area contributed by atoms with Crippen LogP contribution in [0.4, 0.5) is 0 Å². The van der Waals surface area contributed by atoms with E-state index in [4.69, 9.17) is 0 Å². The summed E-state index contributed by atoms with van der Waals surface area (Å²) in [4.78, 5) is 15.9. The topological polar surface area (TPSA) is 62.2 Å². The standard InChI is InChI=1S/C11H9BrN2O2S/c12-7-1-2-9(15)8(5-7)11(16)14-6-10-13-3-4-17-10/h1-5,15H,6H2,(H,14,16). The summed E-state index contributed by atoms with van der Waals surface area (Å²) in [5.74, 6) is -0.358. The highest BCUT2D eigenvalue weighted by Gasteiger charge is 2.11. The Morgan fingerprint density at radius 3 is 3.06 bits per heavy atom. The smallest absolute Gasteiger partial charge is 0.255 e. The normalized spacial score (nSPS) is 10.2. The first-order valence-corrected chi connectivity index (χ1v) is 6.49. The first kappa shape index (κ1) is 12.1. The molecular weight excluding hydrogens is 304 g/mol. The molecule has 0 spiro atoms. The fourth-order valence-corrected chi connectivity index (χ4v) is 2.20. The molecule has 0 aliphatic carbocycles. The number of hydrogen-bond acceptors (Lipinski definition) is 4. The van der Waals surface area contributed by atoms with E-state index in [2.05, 4.69) is 26.2 Å². The lowest BCUT2D eigenvalue weighted by molar-refractivity contribution is 0.0948. The zero-order valence-corrected chi connectivity index (χ0v) is 11.1. The van der Waals surface area contributed by atoms with Crippen LogP contribution in [0.1, 0.15) is 15.4 Å². The van der Waals surface area contributed by atoms with E-state index in [1.165, 1.54) is 17.4 Å². The highest BCUT2D eigenvalue weighted by Crippen LogP contribution is 2.21. The van der Waals surface area contributed by atoms with Crippen molar-refractivity contribution in [1.29, 1.82) is 0 Å². The Morgan fingerprint density at radius 2 is 2.35 bits per heavy atom. The molecule has 1 aromatic heterocycles. The molecule has 0 saturated carbocycles. The second kappa shape index (κ2) is 5.29. The number of hydrogen-bond donors (Lipinski definition) is 2. The first-order chi connectivity index (χ1) is 8.16. The minimum Gasteiger partial charge on any atom is -0.507 e. The molecule has 6 heteroatoms. The second-order valence-electron chi connectivity index (χ2n) is 3.27. The third kappa shape index (κ3) is 3.04. The van der Waals surface area contributed by atoms with Crippen molar-refractivity contribution < 1.29 is 9.90 Å². The number of carbonyl (C=O) groups is 1. The number of rotatable bonds is 3. The highest BCUT2D eigenvalue weighted by atomic mass is 79.9. The third-order valence-electron chi connectivity index (χ3n) is 2.09. The molecule has 0 atom stereocenters. The van der Waals surface area contributed by atoms with Gasteiger partial charge in [0, 0.05) is 16.0 Å². The van der Waals surface area contributed by atoms with E-state index in [0.29, 0.717) is 6.54 Å². The van der Waals surface area contributed by atoms with Crippen molar-refractivity contribution in [2.45, 2.75) is 6.54 Å². The van der Waals surface area contributed by atoms with Gasteiger partial charge in [-0.3, -0.25) is 4.79 Å². The van der Waals surface area contributed by atoms with Crippen molar-refractivity contribution in [3.63, 3.8) is 0 Å². The van der Waals surface area contributed by atoms with Gasteiger partial charge in [-0.05, 0) is 18.2 Å². The van der Waals surface area contributed by atoms with Gasteiger partial charge in [-0.25, -0.2) is 4.98 Å². The van der Waals surface area contributed by atoms with E-state index in [0.717, 1.165) is 9.48 Å². The number of amides is 1. The molecule has 1 amide bonds. The average Bonchev–Trinajstić information content (AvgIpc) is 2.82. The molecule has 17 heavy (non-hydrogen) atoms. The van der Waals surface area contributed by atoms with Gasteiger partial charge in [0.15, 0.2) is 0 Å². The number of benzene rings is 1. The number of thiazole rings is 1. The SMILES string of the molecule is O=C(NCc1nccs1)c1cc(Br)ccc1O.